The number of esters is 1. The second-order valence-electron chi connectivity index (χ2n) is 6.23. The van der Waals surface area contributed by atoms with E-state index in [0.29, 0.717) is 5.56 Å². The van der Waals surface area contributed by atoms with Crippen LogP contribution in [-0.2, 0) is 24.3 Å². The molecule has 1 rings (SSSR count). The third-order valence-electron chi connectivity index (χ3n) is 3.41. The van der Waals surface area contributed by atoms with E-state index in [0.717, 1.165) is 5.41 Å². The molecule has 0 saturated carbocycles. The standard InChI is InChI=1S/C18H26N2O5S/c1-14(2)20(15(3)4)17(21)13-25-18(22)12-19-26(23,24)11-10-16-8-6-5-7-9-16/h5-11,14-15,19H,12-13H2,1-4H3/b11-10+. The van der Waals surface area contributed by atoms with Crippen molar-refractivity contribution in [2.75, 3.05) is 13.2 Å². The van der Waals surface area contributed by atoms with Gasteiger partial charge in [0.15, 0.2) is 6.61 Å². The molecule has 0 unspecified atom stereocenters. The first-order chi connectivity index (χ1) is 12.1. The Kier molecular flexibility index (Phi) is 8.47. The molecule has 1 aromatic rings. The van der Waals surface area contributed by atoms with Gasteiger partial charge in [-0.15, -0.1) is 0 Å². The van der Waals surface area contributed by atoms with Crippen LogP contribution in [0, 0.1) is 0 Å². The van der Waals surface area contributed by atoms with E-state index in [9.17, 15) is 18.0 Å². The number of hydrogen-bond donors (Lipinski definition) is 1. The van der Waals surface area contributed by atoms with Crippen LogP contribution in [0.3, 0.4) is 0 Å². The Bertz CT molecular complexity index is 719. The summed E-state index contributed by atoms with van der Waals surface area (Å²) in [5, 5.41) is 0.972. The van der Waals surface area contributed by atoms with Crippen LogP contribution in [0.25, 0.3) is 6.08 Å². The number of sulfonamides is 1. The number of nitrogens with zero attached hydrogens (tertiary/aromatic N) is 1. The zero-order valence-electron chi connectivity index (χ0n) is 15.5. The lowest BCUT2D eigenvalue weighted by molar-refractivity contribution is -0.152. The zero-order valence-corrected chi connectivity index (χ0v) is 16.3. The lowest BCUT2D eigenvalue weighted by Gasteiger charge is -2.30. The van der Waals surface area contributed by atoms with E-state index < -0.39 is 29.1 Å². The van der Waals surface area contributed by atoms with Gasteiger partial charge in [-0.25, -0.2) is 13.1 Å². The van der Waals surface area contributed by atoms with E-state index in [1.54, 1.807) is 29.2 Å². The minimum Gasteiger partial charge on any atom is -0.455 e. The average Bonchev–Trinajstić information content (AvgIpc) is 2.57. The summed E-state index contributed by atoms with van der Waals surface area (Å²) in [6, 6.07) is 8.84. The molecule has 8 heteroatoms. The Balaban J connectivity index is 2.48. The van der Waals surface area contributed by atoms with E-state index in [-0.39, 0.29) is 18.0 Å². The highest BCUT2D eigenvalue weighted by atomic mass is 32.2. The molecule has 0 bridgehead atoms. The van der Waals surface area contributed by atoms with E-state index >= 15 is 0 Å². The van der Waals surface area contributed by atoms with E-state index in [1.807, 2.05) is 33.8 Å². The van der Waals surface area contributed by atoms with Crippen LogP contribution in [0.2, 0.25) is 0 Å². The molecule has 7 nitrogen and oxygen atoms in total. The molecule has 0 fully saturated rings. The van der Waals surface area contributed by atoms with E-state index in [4.69, 9.17) is 4.74 Å². The van der Waals surface area contributed by atoms with Gasteiger partial charge in [0.25, 0.3) is 5.91 Å². The van der Waals surface area contributed by atoms with Gasteiger partial charge in [-0.3, -0.25) is 9.59 Å². The molecule has 1 aromatic carbocycles. The monoisotopic (exact) mass is 382 g/mol. The molecule has 1 amide bonds. The van der Waals surface area contributed by atoms with Crippen LogP contribution in [0.5, 0.6) is 0 Å². The maximum atomic E-state index is 12.1. The normalized spacial score (nSPS) is 11.9. The summed E-state index contributed by atoms with van der Waals surface area (Å²) >= 11 is 0. The molecule has 0 aliphatic carbocycles. The number of rotatable bonds is 9. The van der Waals surface area contributed by atoms with Crippen LogP contribution < -0.4 is 4.72 Å². The molecule has 0 aliphatic heterocycles. The zero-order chi connectivity index (χ0) is 19.7. The minimum atomic E-state index is -3.78. The third kappa shape index (κ3) is 7.79. The third-order valence-corrected chi connectivity index (χ3v) is 4.46. The maximum absolute atomic E-state index is 12.1. The molecular weight excluding hydrogens is 356 g/mol. The SMILES string of the molecule is CC(C)N(C(=O)COC(=O)CNS(=O)(=O)/C=C/c1ccccc1)C(C)C. The number of hydrogen-bond acceptors (Lipinski definition) is 5. The molecule has 0 spiro atoms. The maximum Gasteiger partial charge on any atom is 0.321 e. The quantitative estimate of drug-likeness (QED) is 0.657. The van der Waals surface area contributed by atoms with Crippen molar-refractivity contribution in [2.24, 2.45) is 0 Å². The molecule has 0 heterocycles. The van der Waals surface area contributed by atoms with Crippen molar-refractivity contribution in [2.45, 2.75) is 39.8 Å². The van der Waals surface area contributed by atoms with Gasteiger partial charge in [-0.1, -0.05) is 30.3 Å². The van der Waals surface area contributed by atoms with Crippen molar-refractivity contribution in [3.63, 3.8) is 0 Å². The fourth-order valence-electron chi connectivity index (χ4n) is 2.38. The average molecular weight is 382 g/mol. The molecule has 0 atom stereocenters. The predicted molar refractivity (Wildman–Crippen MR) is 100 cm³/mol. The highest BCUT2D eigenvalue weighted by Crippen LogP contribution is 2.06. The van der Waals surface area contributed by atoms with E-state index in [2.05, 4.69) is 4.72 Å². The highest BCUT2D eigenvalue weighted by molar-refractivity contribution is 7.92. The summed E-state index contributed by atoms with van der Waals surface area (Å²) < 4.78 is 30.7. The Morgan fingerprint density at radius 1 is 1.12 bits per heavy atom. The van der Waals surface area contributed by atoms with Crippen molar-refractivity contribution in [3.8, 4) is 0 Å². The number of benzene rings is 1. The van der Waals surface area contributed by atoms with Crippen molar-refractivity contribution in [1.82, 2.24) is 9.62 Å². The molecule has 0 aliphatic rings. The minimum absolute atomic E-state index is 0.0252. The summed E-state index contributed by atoms with van der Waals surface area (Å²) in [6.45, 7) is 6.51. The lowest BCUT2D eigenvalue weighted by Crippen LogP contribution is -2.44. The number of carbonyl (C=O) groups excluding carboxylic acids is 2. The second kappa shape index (κ2) is 10.1. The summed E-state index contributed by atoms with van der Waals surface area (Å²) in [5.74, 6) is -1.14. The predicted octanol–water partition coefficient (Wildman–Crippen LogP) is 1.77. The number of carbonyl (C=O) groups is 2. The molecule has 26 heavy (non-hydrogen) atoms. The number of amides is 1. The van der Waals surface area contributed by atoms with Gasteiger partial charge < -0.3 is 9.64 Å². The van der Waals surface area contributed by atoms with Crippen molar-refractivity contribution in [3.05, 3.63) is 41.3 Å². The largest absolute Gasteiger partial charge is 0.455 e. The van der Waals surface area contributed by atoms with Crippen LogP contribution in [0.15, 0.2) is 35.7 Å². The molecule has 0 saturated heterocycles. The molecule has 1 N–H and O–H groups in total. The first kappa shape index (κ1) is 21.9. The first-order valence-corrected chi connectivity index (χ1v) is 9.86. The summed E-state index contributed by atoms with van der Waals surface area (Å²) in [4.78, 5) is 25.4. The second-order valence-corrected chi connectivity index (χ2v) is 7.88. The van der Waals surface area contributed by atoms with Crippen molar-refractivity contribution >= 4 is 28.0 Å². The summed E-state index contributed by atoms with van der Waals surface area (Å²) in [5.41, 5.74) is 0.716. The van der Waals surface area contributed by atoms with Crippen LogP contribution in [0.1, 0.15) is 33.3 Å². The first-order valence-electron chi connectivity index (χ1n) is 8.32. The van der Waals surface area contributed by atoms with E-state index in [1.165, 1.54) is 6.08 Å². The number of ether oxygens (including phenoxy) is 1. The fourth-order valence-corrected chi connectivity index (χ4v) is 3.13. The molecule has 0 radical (unpaired) electrons. The van der Waals surface area contributed by atoms with Crippen LogP contribution in [0.4, 0.5) is 0 Å². The van der Waals surface area contributed by atoms with Gasteiger partial charge >= 0.3 is 5.97 Å². The van der Waals surface area contributed by atoms with Gasteiger partial charge in [0, 0.05) is 17.5 Å². The van der Waals surface area contributed by atoms with Crippen LogP contribution in [-0.4, -0.2) is 50.4 Å². The van der Waals surface area contributed by atoms with Crippen molar-refractivity contribution < 1.29 is 22.7 Å². The van der Waals surface area contributed by atoms with Gasteiger partial charge in [0.05, 0.1) is 0 Å². The Morgan fingerprint density at radius 2 is 1.69 bits per heavy atom. The molecular formula is C18H26N2O5S. The fraction of sp³-hybridized carbons (Fsp3) is 0.444. The van der Waals surface area contributed by atoms with Gasteiger partial charge in [-0.05, 0) is 39.3 Å². The topological polar surface area (TPSA) is 92.8 Å². The van der Waals surface area contributed by atoms with Crippen molar-refractivity contribution in [1.29, 1.82) is 0 Å². The molecule has 144 valence electrons. The molecule has 0 aromatic heterocycles. The number of nitrogens with one attached hydrogen (secondary N) is 1. The summed E-state index contributed by atoms with van der Waals surface area (Å²) in [7, 11) is -3.78. The van der Waals surface area contributed by atoms with Crippen LogP contribution >= 0.6 is 0 Å². The smallest absolute Gasteiger partial charge is 0.321 e. The van der Waals surface area contributed by atoms with Gasteiger partial charge in [0.1, 0.15) is 6.54 Å². The van der Waals surface area contributed by atoms with Gasteiger partial charge in [0.2, 0.25) is 10.0 Å². The summed E-state index contributed by atoms with van der Waals surface area (Å²) in [6.07, 6.45) is 1.42. The Morgan fingerprint density at radius 3 is 2.23 bits per heavy atom. The lowest BCUT2D eigenvalue weighted by atomic mass is 10.2. The van der Waals surface area contributed by atoms with Gasteiger partial charge in [-0.2, -0.15) is 0 Å². The Labute approximate surface area is 155 Å². The highest BCUT2D eigenvalue weighted by Gasteiger charge is 2.21. The Hall–Kier alpha value is -2.19.